The van der Waals surface area contributed by atoms with Gasteiger partial charge in [-0.25, -0.2) is 8.78 Å². The maximum absolute atomic E-state index is 12.5. The average Bonchev–Trinajstić information content (AvgIpc) is 2.45. The van der Waals surface area contributed by atoms with Gasteiger partial charge in [0.15, 0.2) is 0 Å². The molecule has 14 heavy (non-hydrogen) atoms. The fraction of sp³-hybridized carbons (Fsp3) is 0.111. The Kier molecular flexibility index (Phi) is 3.27. The van der Waals surface area contributed by atoms with Crippen LogP contribution in [0.3, 0.4) is 0 Å². The molecule has 0 aliphatic rings. The predicted molar refractivity (Wildman–Crippen MR) is 72.2 cm³/mol. The SMILES string of the molecule is FC(F)c1cc(I)c2sc(I)cc2c1. The van der Waals surface area contributed by atoms with Crippen molar-refractivity contribution in [2.75, 3.05) is 0 Å². The van der Waals surface area contributed by atoms with E-state index < -0.39 is 6.43 Å². The fourth-order valence-electron chi connectivity index (χ4n) is 1.23. The van der Waals surface area contributed by atoms with Crippen molar-refractivity contribution < 1.29 is 8.78 Å². The number of hydrogen-bond donors (Lipinski definition) is 0. The van der Waals surface area contributed by atoms with Gasteiger partial charge in [0.25, 0.3) is 6.43 Å². The first-order valence-electron chi connectivity index (χ1n) is 3.74. The van der Waals surface area contributed by atoms with Gasteiger partial charge in [-0.2, -0.15) is 0 Å². The molecule has 5 heteroatoms. The zero-order valence-electron chi connectivity index (χ0n) is 6.73. The number of rotatable bonds is 1. The Morgan fingerprint density at radius 2 is 1.86 bits per heavy atom. The van der Waals surface area contributed by atoms with Crippen molar-refractivity contribution in [3.05, 3.63) is 30.2 Å². The standard InChI is InChI=1S/C9H4F2I2S/c10-9(11)5-1-4-3-7(13)14-8(4)6(12)2-5/h1-3,9H. The van der Waals surface area contributed by atoms with Gasteiger partial charge >= 0.3 is 0 Å². The molecule has 2 rings (SSSR count). The van der Waals surface area contributed by atoms with Gasteiger partial charge in [-0.3, -0.25) is 0 Å². The molecule has 0 aliphatic heterocycles. The molecule has 0 unspecified atom stereocenters. The molecule has 0 bridgehead atoms. The molecule has 0 aliphatic carbocycles. The fourth-order valence-corrected chi connectivity index (χ4v) is 4.00. The van der Waals surface area contributed by atoms with Crippen molar-refractivity contribution in [3.8, 4) is 0 Å². The summed E-state index contributed by atoms with van der Waals surface area (Å²) in [5.74, 6) is 0. The van der Waals surface area contributed by atoms with Crippen molar-refractivity contribution >= 4 is 66.6 Å². The largest absolute Gasteiger partial charge is 0.263 e. The van der Waals surface area contributed by atoms with E-state index in [1.54, 1.807) is 23.5 Å². The summed E-state index contributed by atoms with van der Waals surface area (Å²) < 4.78 is 28.1. The van der Waals surface area contributed by atoms with Gasteiger partial charge in [-0.1, -0.05) is 0 Å². The minimum Gasteiger partial charge on any atom is -0.205 e. The van der Waals surface area contributed by atoms with Crippen molar-refractivity contribution in [2.45, 2.75) is 6.43 Å². The molecule has 0 nitrogen and oxygen atoms in total. The van der Waals surface area contributed by atoms with Crippen LogP contribution >= 0.6 is 56.5 Å². The molecule has 1 aromatic carbocycles. The number of halogens is 4. The second-order valence-electron chi connectivity index (χ2n) is 2.77. The first-order valence-corrected chi connectivity index (χ1v) is 6.72. The second kappa shape index (κ2) is 4.17. The molecule has 0 amide bonds. The highest BCUT2D eigenvalue weighted by Gasteiger charge is 2.11. The van der Waals surface area contributed by atoms with Crippen LogP contribution in [0.15, 0.2) is 18.2 Å². The summed E-state index contributed by atoms with van der Waals surface area (Å²) >= 11 is 5.94. The van der Waals surface area contributed by atoms with Gasteiger partial charge in [0, 0.05) is 13.8 Å². The van der Waals surface area contributed by atoms with Gasteiger partial charge in [0.05, 0.1) is 2.88 Å². The van der Waals surface area contributed by atoms with Gasteiger partial charge in [-0.15, -0.1) is 11.3 Å². The molecule has 0 N–H and O–H groups in total. The number of fused-ring (bicyclic) bond motifs is 1. The summed E-state index contributed by atoms with van der Waals surface area (Å²) in [6.07, 6.45) is -2.38. The van der Waals surface area contributed by atoms with Crippen LogP contribution in [0, 0.1) is 6.45 Å². The first kappa shape index (κ1) is 11.0. The van der Waals surface area contributed by atoms with E-state index in [0.29, 0.717) is 0 Å². The monoisotopic (exact) mass is 436 g/mol. The quantitative estimate of drug-likeness (QED) is 0.550. The number of thiophene rings is 1. The Bertz CT molecular complexity index is 479. The van der Waals surface area contributed by atoms with E-state index in [-0.39, 0.29) is 5.56 Å². The maximum atomic E-state index is 12.5. The molecule has 2 aromatic rings. The highest BCUT2D eigenvalue weighted by Crippen LogP contribution is 2.34. The lowest BCUT2D eigenvalue weighted by atomic mass is 10.2. The summed E-state index contributed by atoms with van der Waals surface area (Å²) in [4.78, 5) is 0. The van der Waals surface area contributed by atoms with Crippen molar-refractivity contribution in [3.63, 3.8) is 0 Å². The molecule has 74 valence electrons. The van der Waals surface area contributed by atoms with Gasteiger partial charge in [0.1, 0.15) is 0 Å². The molecule has 0 saturated heterocycles. The van der Waals surface area contributed by atoms with Gasteiger partial charge in [-0.05, 0) is 68.8 Å². The minimum absolute atomic E-state index is 0.108. The first-order chi connectivity index (χ1) is 6.58. The maximum Gasteiger partial charge on any atom is 0.263 e. The second-order valence-corrected chi connectivity index (χ2v) is 6.88. The van der Waals surface area contributed by atoms with Crippen LogP contribution in [0.1, 0.15) is 12.0 Å². The van der Waals surface area contributed by atoms with E-state index in [0.717, 1.165) is 16.5 Å². The van der Waals surface area contributed by atoms with E-state index in [2.05, 4.69) is 45.2 Å². The molecular formula is C9H4F2I2S. The number of alkyl halides is 2. The van der Waals surface area contributed by atoms with Crippen molar-refractivity contribution in [1.29, 1.82) is 0 Å². The van der Waals surface area contributed by atoms with Crippen molar-refractivity contribution in [2.24, 2.45) is 0 Å². The van der Waals surface area contributed by atoms with Gasteiger partial charge in [0.2, 0.25) is 0 Å². The van der Waals surface area contributed by atoms with Crippen LogP contribution in [0.2, 0.25) is 0 Å². The van der Waals surface area contributed by atoms with Crippen LogP contribution in [0.4, 0.5) is 8.78 Å². The van der Waals surface area contributed by atoms with E-state index in [4.69, 9.17) is 0 Å². The molecule has 0 fully saturated rings. The average molecular weight is 436 g/mol. The predicted octanol–water partition coefficient (Wildman–Crippen LogP) is 5.05. The Hall–Kier alpha value is 0.500. The Morgan fingerprint density at radius 3 is 2.50 bits per heavy atom. The lowest BCUT2D eigenvalue weighted by molar-refractivity contribution is 0.151. The third kappa shape index (κ3) is 2.04. The highest BCUT2D eigenvalue weighted by atomic mass is 127. The van der Waals surface area contributed by atoms with Crippen molar-refractivity contribution in [1.82, 2.24) is 0 Å². The van der Waals surface area contributed by atoms with E-state index in [1.807, 2.05) is 6.07 Å². The van der Waals surface area contributed by atoms with Crippen LogP contribution in [0.25, 0.3) is 10.1 Å². The van der Waals surface area contributed by atoms with E-state index >= 15 is 0 Å². The molecule has 0 spiro atoms. The minimum atomic E-state index is -2.38. The zero-order valence-corrected chi connectivity index (χ0v) is 11.9. The van der Waals surface area contributed by atoms with Crippen LogP contribution < -0.4 is 0 Å². The van der Waals surface area contributed by atoms with Gasteiger partial charge < -0.3 is 0 Å². The summed E-state index contributed by atoms with van der Waals surface area (Å²) in [7, 11) is 0. The smallest absolute Gasteiger partial charge is 0.205 e. The third-order valence-electron chi connectivity index (χ3n) is 1.82. The molecule has 1 heterocycles. The summed E-state index contributed by atoms with van der Waals surface area (Å²) in [6, 6.07) is 5.07. The molecular weight excluding hydrogens is 432 g/mol. The summed E-state index contributed by atoms with van der Waals surface area (Å²) in [5.41, 5.74) is 0.108. The van der Waals surface area contributed by atoms with Crippen LogP contribution in [0.5, 0.6) is 0 Å². The normalized spacial score (nSPS) is 11.5. The Balaban J connectivity index is 2.71. The number of benzene rings is 1. The molecule has 1 aromatic heterocycles. The summed E-state index contributed by atoms with van der Waals surface area (Å²) in [6.45, 7) is 0. The summed E-state index contributed by atoms with van der Waals surface area (Å²) in [5, 5.41) is 0.918. The zero-order chi connectivity index (χ0) is 10.3. The lowest BCUT2D eigenvalue weighted by Crippen LogP contribution is -1.84. The third-order valence-corrected chi connectivity index (χ3v) is 4.98. The molecule has 0 radical (unpaired) electrons. The van der Waals surface area contributed by atoms with E-state index in [1.165, 1.54) is 0 Å². The van der Waals surface area contributed by atoms with E-state index in [9.17, 15) is 8.78 Å². The lowest BCUT2D eigenvalue weighted by Gasteiger charge is -2.01. The Morgan fingerprint density at radius 1 is 1.14 bits per heavy atom. The van der Waals surface area contributed by atoms with Crippen LogP contribution in [-0.4, -0.2) is 0 Å². The van der Waals surface area contributed by atoms with Crippen LogP contribution in [-0.2, 0) is 0 Å². The Labute approximate surface area is 111 Å². The number of hydrogen-bond acceptors (Lipinski definition) is 1. The molecule has 0 saturated carbocycles. The molecule has 0 atom stereocenters. The topological polar surface area (TPSA) is 0 Å². The highest BCUT2D eigenvalue weighted by molar-refractivity contribution is 14.1.